The number of hydrogen-bond acceptors (Lipinski definition) is 5. The maximum Gasteiger partial charge on any atom is 0.381 e. The molecule has 0 aliphatic carbocycles. The van der Waals surface area contributed by atoms with E-state index in [1.807, 2.05) is 0 Å². The number of aryl methyl sites for hydroxylation is 1. The highest BCUT2D eigenvalue weighted by Crippen LogP contribution is 2.45. The molecule has 12 heteroatoms. The molecule has 0 amide bonds. The summed E-state index contributed by atoms with van der Waals surface area (Å²) in [5.41, 5.74) is -4.01. The van der Waals surface area contributed by atoms with Crippen molar-refractivity contribution in [3.8, 4) is 0 Å². The molecule has 6 nitrogen and oxygen atoms in total. The second kappa shape index (κ2) is 5.87. The number of hydrogen-bond donors (Lipinski definition) is 0. The molecule has 0 saturated heterocycles. The van der Waals surface area contributed by atoms with Gasteiger partial charge in [0, 0.05) is 13.0 Å². The quantitative estimate of drug-likeness (QED) is 0.737. The van der Waals surface area contributed by atoms with E-state index < -0.39 is 55.0 Å². The Morgan fingerprint density at radius 2 is 2.00 bits per heavy atom. The van der Waals surface area contributed by atoms with Crippen molar-refractivity contribution in [3.05, 3.63) is 16.4 Å². The van der Waals surface area contributed by atoms with Gasteiger partial charge in [-0.25, -0.2) is 17.2 Å². The molecular formula is C12H14ClF4N3O3S. The van der Waals surface area contributed by atoms with E-state index in [0.717, 1.165) is 0 Å². The van der Waals surface area contributed by atoms with E-state index in [4.69, 9.17) is 16.4 Å². The molecular weight excluding hydrogens is 378 g/mol. The Morgan fingerprint density at radius 3 is 2.42 bits per heavy atom. The normalized spacial score (nSPS) is 18.0. The Kier molecular flexibility index (Phi) is 4.64. The van der Waals surface area contributed by atoms with Crippen molar-refractivity contribution < 1.29 is 30.8 Å². The van der Waals surface area contributed by atoms with Crippen LogP contribution >= 0.6 is 11.6 Å². The second-order valence-electron chi connectivity index (χ2n) is 5.70. The number of nitrogens with zero attached hydrogens (tertiary/aromatic N) is 3. The molecule has 0 aromatic carbocycles. The molecule has 136 valence electrons. The fourth-order valence-electron chi connectivity index (χ4n) is 2.12. The summed E-state index contributed by atoms with van der Waals surface area (Å²) in [5.74, 6) is 0. The van der Waals surface area contributed by atoms with Gasteiger partial charge in [-0.05, 0) is 20.8 Å². The predicted molar refractivity (Wildman–Crippen MR) is 77.9 cm³/mol. The van der Waals surface area contributed by atoms with E-state index in [2.05, 4.69) is 10.3 Å². The third kappa shape index (κ3) is 2.87. The van der Waals surface area contributed by atoms with E-state index >= 15 is 0 Å². The van der Waals surface area contributed by atoms with Crippen LogP contribution in [0.2, 0.25) is 5.15 Å². The van der Waals surface area contributed by atoms with E-state index in [1.165, 1.54) is 20.8 Å². The largest absolute Gasteiger partial charge is 0.389 e. The smallest absolute Gasteiger partial charge is 0.381 e. The van der Waals surface area contributed by atoms with E-state index in [0.29, 0.717) is 4.68 Å². The maximum absolute atomic E-state index is 14.7. The third-order valence-corrected chi connectivity index (χ3v) is 5.44. The number of rotatable bonds is 4. The molecule has 1 aromatic rings. The minimum atomic E-state index is -5.42. The number of halogens is 5. The fraction of sp³-hybridized carbons (Fsp3) is 0.667. The van der Waals surface area contributed by atoms with Gasteiger partial charge in [0.1, 0.15) is 22.0 Å². The lowest BCUT2D eigenvalue weighted by Gasteiger charge is -2.18. The first kappa shape index (κ1) is 19.0. The van der Waals surface area contributed by atoms with Crippen molar-refractivity contribution in [3.63, 3.8) is 0 Å². The van der Waals surface area contributed by atoms with Gasteiger partial charge >= 0.3 is 5.25 Å². The van der Waals surface area contributed by atoms with Crippen LogP contribution in [-0.4, -0.2) is 28.8 Å². The Bertz CT molecular complexity index is 790. The highest BCUT2D eigenvalue weighted by Gasteiger charge is 2.57. The summed E-state index contributed by atoms with van der Waals surface area (Å²) in [5, 5.41) is -0.0677. The zero-order valence-corrected chi connectivity index (χ0v) is 14.4. The molecule has 0 unspecified atom stereocenters. The molecule has 2 heterocycles. The van der Waals surface area contributed by atoms with E-state index in [-0.39, 0.29) is 6.54 Å². The van der Waals surface area contributed by atoms with Crippen LogP contribution < -0.4 is 0 Å². The minimum absolute atomic E-state index is 0.0915. The summed E-state index contributed by atoms with van der Waals surface area (Å²) in [6, 6.07) is 0. The van der Waals surface area contributed by atoms with Gasteiger partial charge in [-0.1, -0.05) is 16.8 Å². The zero-order chi connectivity index (χ0) is 18.5. The van der Waals surface area contributed by atoms with Crippen molar-refractivity contribution in [2.75, 3.05) is 0 Å². The van der Waals surface area contributed by atoms with Gasteiger partial charge in [-0.3, -0.25) is 4.68 Å². The predicted octanol–water partition coefficient (Wildman–Crippen LogP) is 3.47. The SMILES string of the molecule is CCn1nc(C(F)F)c(C(F)(F)S(=O)(=O)C2=NOC(C)(C)C2)c1Cl. The molecule has 24 heavy (non-hydrogen) atoms. The van der Waals surface area contributed by atoms with Crippen molar-refractivity contribution in [1.29, 1.82) is 0 Å². The average Bonchev–Trinajstić information content (AvgIpc) is 2.98. The van der Waals surface area contributed by atoms with Gasteiger partial charge < -0.3 is 4.84 Å². The molecule has 1 aliphatic heterocycles. The van der Waals surface area contributed by atoms with Crippen molar-refractivity contribution in [1.82, 2.24) is 9.78 Å². The minimum Gasteiger partial charge on any atom is -0.389 e. The Labute approximate surface area is 140 Å². The van der Waals surface area contributed by atoms with Crippen LogP contribution in [0.5, 0.6) is 0 Å². The molecule has 0 radical (unpaired) electrons. The van der Waals surface area contributed by atoms with Crippen LogP contribution in [0.3, 0.4) is 0 Å². The summed E-state index contributed by atoms with van der Waals surface area (Å²) in [7, 11) is -5.42. The first-order chi connectivity index (χ1) is 10.8. The first-order valence-electron chi connectivity index (χ1n) is 6.77. The van der Waals surface area contributed by atoms with Crippen molar-refractivity contribution in [2.45, 2.75) is 51.0 Å². The summed E-state index contributed by atoms with van der Waals surface area (Å²) in [4.78, 5) is 4.78. The molecule has 0 saturated carbocycles. The molecule has 0 fully saturated rings. The lowest BCUT2D eigenvalue weighted by atomic mass is 10.1. The Hall–Kier alpha value is -1.36. The molecule has 0 atom stereocenters. The van der Waals surface area contributed by atoms with Crippen LogP contribution in [0.4, 0.5) is 17.6 Å². The standard InChI is InChI=1S/C12H14ClF4N3O3S/c1-4-20-9(13)7(8(18-20)10(14)15)12(16,17)24(21,22)6-5-11(2,3)23-19-6/h10H,4-5H2,1-3H3. The van der Waals surface area contributed by atoms with Crippen LogP contribution in [0.15, 0.2) is 5.16 Å². The molecule has 1 aromatic heterocycles. The van der Waals surface area contributed by atoms with Crippen molar-refractivity contribution in [2.24, 2.45) is 5.16 Å². The summed E-state index contributed by atoms with van der Waals surface area (Å²) < 4.78 is 80.7. The molecule has 0 bridgehead atoms. The summed E-state index contributed by atoms with van der Waals surface area (Å²) >= 11 is 5.68. The highest BCUT2D eigenvalue weighted by molar-refractivity contribution is 8.06. The lowest BCUT2D eigenvalue weighted by Crippen LogP contribution is -2.34. The highest BCUT2D eigenvalue weighted by atomic mass is 35.5. The Balaban J connectivity index is 2.61. The lowest BCUT2D eigenvalue weighted by molar-refractivity contribution is 0.0123. The fourth-order valence-corrected chi connectivity index (χ4v) is 3.99. The van der Waals surface area contributed by atoms with Crippen molar-refractivity contribution >= 4 is 26.5 Å². The first-order valence-corrected chi connectivity index (χ1v) is 8.63. The van der Waals surface area contributed by atoms with Crippen LogP contribution in [0, 0.1) is 0 Å². The number of sulfone groups is 1. The zero-order valence-electron chi connectivity index (χ0n) is 12.9. The van der Waals surface area contributed by atoms with E-state index in [1.54, 1.807) is 0 Å². The number of oxime groups is 1. The average molecular weight is 392 g/mol. The van der Waals surface area contributed by atoms with Gasteiger partial charge in [0.15, 0.2) is 5.04 Å². The third-order valence-electron chi connectivity index (χ3n) is 3.33. The van der Waals surface area contributed by atoms with Crippen LogP contribution in [0.25, 0.3) is 0 Å². The van der Waals surface area contributed by atoms with Gasteiger partial charge in [0.25, 0.3) is 16.3 Å². The molecule has 1 aliphatic rings. The van der Waals surface area contributed by atoms with Gasteiger partial charge in [-0.2, -0.15) is 13.9 Å². The summed E-state index contributed by atoms with van der Waals surface area (Å²) in [6.07, 6.45) is -3.85. The maximum atomic E-state index is 14.7. The van der Waals surface area contributed by atoms with Crippen LogP contribution in [-0.2, 0) is 26.5 Å². The summed E-state index contributed by atoms with van der Waals surface area (Å²) in [6.45, 7) is 4.24. The monoisotopic (exact) mass is 391 g/mol. The Morgan fingerprint density at radius 1 is 1.42 bits per heavy atom. The van der Waals surface area contributed by atoms with Crippen LogP contribution in [0.1, 0.15) is 44.9 Å². The van der Waals surface area contributed by atoms with E-state index in [9.17, 15) is 26.0 Å². The molecule has 0 spiro atoms. The second-order valence-corrected chi connectivity index (χ2v) is 8.05. The van der Waals surface area contributed by atoms with Gasteiger partial charge in [-0.15, -0.1) is 0 Å². The topological polar surface area (TPSA) is 73.5 Å². The van der Waals surface area contributed by atoms with Gasteiger partial charge in [0.2, 0.25) is 0 Å². The number of aromatic nitrogens is 2. The number of alkyl halides is 4. The van der Waals surface area contributed by atoms with Gasteiger partial charge in [0.05, 0.1) is 0 Å². The molecule has 0 N–H and O–H groups in total. The molecule has 2 rings (SSSR count).